The lowest BCUT2D eigenvalue weighted by Crippen LogP contribution is -2.28. The van der Waals surface area contributed by atoms with Crippen LogP contribution < -0.4 is 14.8 Å². The Morgan fingerprint density at radius 2 is 2.15 bits per heavy atom. The van der Waals surface area contributed by atoms with E-state index in [9.17, 15) is 0 Å². The maximum atomic E-state index is 6.62. The van der Waals surface area contributed by atoms with Crippen LogP contribution in [-0.4, -0.2) is 26.3 Å². The zero-order chi connectivity index (χ0) is 14.1. The average Bonchev–Trinajstić information content (AvgIpc) is 2.85. The second kappa shape index (κ2) is 5.82. The molecule has 0 amide bonds. The number of piperidine rings is 1. The number of fused-ring (bicyclic) bond motifs is 1. The summed E-state index contributed by atoms with van der Waals surface area (Å²) in [5.41, 5.74) is 2.34. The second-order valence-corrected chi connectivity index (χ2v) is 6.27. The smallest absolute Gasteiger partial charge is 0.166 e. The molecule has 1 saturated heterocycles. The average molecular weight is 296 g/mol. The number of hydrogen-bond acceptors (Lipinski definition) is 3. The van der Waals surface area contributed by atoms with Gasteiger partial charge in [0, 0.05) is 12.0 Å². The van der Waals surface area contributed by atoms with Crippen LogP contribution in [0.25, 0.3) is 0 Å². The molecule has 1 unspecified atom stereocenters. The molecular weight excluding hydrogens is 274 g/mol. The van der Waals surface area contributed by atoms with Gasteiger partial charge in [0.15, 0.2) is 11.5 Å². The Morgan fingerprint density at radius 1 is 1.40 bits per heavy atom. The molecule has 1 N–H and O–H groups in total. The fourth-order valence-electron chi connectivity index (χ4n) is 3.27. The molecule has 1 aromatic carbocycles. The van der Waals surface area contributed by atoms with E-state index in [-0.39, 0.29) is 6.10 Å². The molecule has 3 rings (SSSR count). The number of nitrogens with one attached hydrogen (secondary N) is 1. The first-order valence-electron chi connectivity index (χ1n) is 7.44. The molecule has 1 aromatic rings. The first-order chi connectivity index (χ1) is 9.69. The van der Waals surface area contributed by atoms with Gasteiger partial charge >= 0.3 is 0 Å². The lowest BCUT2D eigenvalue weighted by molar-refractivity contribution is 0.243. The summed E-state index contributed by atoms with van der Waals surface area (Å²) in [6, 6.07) is 2.07. The van der Waals surface area contributed by atoms with E-state index in [0.29, 0.717) is 0 Å². The second-order valence-electron chi connectivity index (χ2n) is 5.89. The monoisotopic (exact) mass is 295 g/mol. The minimum absolute atomic E-state index is 0.186. The Kier molecular flexibility index (Phi) is 4.08. The van der Waals surface area contributed by atoms with Gasteiger partial charge in [0.05, 0.1) is 12.1 Å². The Balaban J connectivity index is 1.89. The Hall–Kier alpha value is -0.930. The molecule has 110 valence electrons. The van der Waals surface area contributed by atoms with Gasteiger partial charge in [-0.2, -0.15) is 0 Å². The standard InChI is InChI=1S/C16H22ClNO2/c1-10-7-13-15(17)12(8-11-3-5-18-6-4-11)9-14(19-2)16(13)20-10/h9-11,18H,3-8H2,1-2H3. The van der Waals surface area contributed by atoms with Crippen molar-refractivity contribution < 1.29 is 9.47 Å². The van der Waals surface area contributed by atoms with Crippen molar-refractivity contribution in [2.75, 3.05) is 20.2 Å². The predicted octanol–water partition coefficient (Wildman–Crippen LogP) is 3.21. The van der Waals surface area contributed by atoms with E-state index in [1.54, 1.807) is 7.11 Å². The van der Waals surface area contributed by atoms with Gasteiger partial charge < -0.3 is 14.8 Å². The molecule has 1 fully saturated rings. The van der Waals surface area contributed by atoms with Crippen molar-refractivity contribution in [3.8, 4) is 11.5 Å². The normalized spacial score (nSPS) is 22.4. The molecule has 2 heterocycles. The summed E-state index contributed by atoms with van der Waals surface area (Å²) in [6.07, 6.45) is 4.56. The van der Waals surface area contributed by atoms with Crippen LogP contribution in [0.4, 0.5) is 0 Å². The summed E-state index contributed by atoms with van der Waals surface area (Å²) in [6.45, 7) is 4.30. The lowest BCUT2D eigenvalue weighted by atomic mass is 9.90. The van der Waals surface area contributed by atoms with E-state index in [1.807, 2.05) is 0 Å². The minimum atomic E-state index is 0.186. The maximum Gasteiger partial charge on any atom is 0.166 e. The largest absolute Gasteiger partial charge is 0.493 e. The van der Waals surface area contributed by atoms with Crippen molar-refractivity contribution >= 4 is 11.6 Å². The fraction of sp³-hybridized carbons (Fsp3) is 0.625. The molecular formula is C16H22ClNO2. The summed E-state index contributed by atoms with van der Waals surface area (Å²) in [5.74, 6) is 2.40. The fourth-order valence-corrected chi connectivity index (χ4v) is 3.56. The van der Waals surface area contributed by atoms with Gasteiger partial charge in [-0.15, -0.1) is 0 Å². The lowest BCUT2D eigenvalue weighted by Gasteiger charge is -2.23. The number of halogens is 1. The predicted molar refractivity (Wildman–Crippen MR) is 81.1 cm³/mol. The Labute approximate surface area is 125 Å². The van der Waals surface area contributed by atoms with Crippen molar-refractivity contribution in [3.63, 3.8) is 0 Å². The third-order valence-corrected chi connectivity index (χ3v) is 4.82. The van der Waals surface area contributed by atoms with Crippen LogP contribution in [0.3, 0.4) is 0 Å². The zero-order valence-corrected chi connectivity index (χ0v) is 12.9. The van der Waals surface area contributed by atoms with E-state index >= 15 is 0 Å². The molecule has 0 spiro atoms. The number of benzene rings is 1. The highest BCUT2D eigenvalue weighted by Gasteiger charge is 2.28. The van der Waals surface area contributed by atoms with Crippen molar-refractivity contribution in [2.45, 2.75) is 38.7 Å². The number of rotatable bonds is 3. The highest BCUT2D eigenvalue weighted by molar-refractivity contribution is 6.32. The van der Waals surface area contributed by atoms with Crippen molar-refractivity contribution in [1.82, 2.24) is 5.32 Å². The van der Waals surface area contributed by atoms with Gasteiger partial charge in [-0.1, -0.05) is 11.6 Å². The van der Waals surface area contributed by atoms with Gasteiger partial charge in [-0.25, -0.2) is 0 Å². The molecule has 2 aliphatic heterocycles. The summed E-state index contributed by atoms with van der Waals surface area (Å²) in [7, 11) is 1.70. The van der Waals surface area contributed by atoms with Crippen LogP contribution >= 0.6 is 11.6 Å². The molecule has 1 atom stereocenters. The maximum absolute atomic E-state index is 6.62. The molecule has 0 aliphatic carbocycles. The van der Waals surface area contributed by atoms with Crippen molar-refractivity contribution in [3.05, 3.63) is 22.2 Å². The summed E-state index contributed by atoms with van der Waals surface area (Å²) < 4.78 is 11.3. The summed E-state index contributed by atoms with van der Waals surface area (Å²) in [5, 5.41) is 4.30. The van der Waals surface area contributed by atoms with E-state index in [4.69, 9.17) is 21.1 Å². The van der Waals surface area contributed by atoms with Crippen LogP contribution in [0.2, 0.25) is 5.02 Å². The van der Waals surface area contributed by atoms with Gasteiger partial charge in [-0.05, 0) is 56.8 Å². The first-order valence-corrected chi connectivity index (χ1v) is 7.82. The third-order valence-electron chi connectivity index (χ3n) is 4.35. The Morgan fingerprint density at radius 3 is 2.85 bits per heavy atom. The van der Waals surface area contributed by atoms with Gasteiger partial charge in [0.2, 0.25) is 0 Å². The molecule has 3 nitrogen and oxygen atoms in total. The van der Waals surface area contributed by atoms with E-state index in [2.05, 4.69) is 18.3 Å². The molecule has 0 bridgehead atoms. The SMILES string of the molecule is COc1cc(CC2CCNCC2)c(Cl)c2c1OC(C)C2. The number of methoxy groups -OCH3 is 1. The minimum Gasteiger partial charge on any atom is -0.493 e. The van der Waals surface area contributed by atoms with Crippen LogP contribution in [0.5, 0.6) is 11.5 Å². The number of hydrogen-bond donors (Lipinski definition) is 1. The summed E-state index contributed by atoms with van der Waals surface area (Å²) >= 11 is 6.62. The topological polar surface area (TPSA) is 30.5 Å². The van der Waals surface area contributed by atoms with Crippen LogP contribution in [0.15, 0.2) is 6.07 Å². The summed E-state index contributed by atoms with van der Waals surface area (Å²) in [4.78, 5) is 0. The van der Waals surface area contributed by atoms with Crippen LogP contribution in [0.1, 0.15) is 30.9 Å². The molecule has 4 heteroatoms. The zero-order valence-electron chi connectivity index (χ0n) is 12.2. The highest BCUT2D eigenvalue weighted by atomic mass is 35.5. The molecule has 2 aliphatic rings. The molecule has 0 radical (unpaired) electrons. The van der Waals surface area contributed by atoms with E-state index in [1.165, 1.54) is 18.4 Å². The molecule has 0 saturated carbocycles. The Bertz CT molecular complexity index is 498. The van der Waals surface area contributed by atoms with Gasteiger partial charge in [-0.3, -0.25) is 0 Å². The molecule has 20 heavy (non-hydrogen) atoms. The van der Waals surface area contributed by atoms with Gasteiger partial charge in [0.1, 0.15) is 6.10 Å². The number of ether oxygens (including phenoxy) is 2. The highest BCUT2D eigenvalue weighted by Crippen LogP contribution is 2.44. The molecule has 0 aromatic heterocycles. The van der Waals surface area contributed by atoms with E-state index in [0.717, 1.165) is 53.9 Å². The third kappa shape index (κ3) is 2.61. The van der Waals surface area contributed by atoms with Gasteiger partial charge in [0.25, 0.3) is 0 Å². The first kappa shape index (κ1) is 14.0. The van der Waals surface area contributed by atoms with Crippen molar-refractivity contribution in [2.24, 2.45) is 5.92 Å². The van der Waals surface area contributed by atoms with Crippen molar-refractivity contribution in [1.29, 1.82) is 0 Å². The van der Waals surface area contributed by atoms with Crippen LogP contribution in [0, 0.1) is 5.92 Å². The quantitative estimate of drug-likeness (QED) is 0.929. The van der Waals surface area contributed by atoms with Crippen LogP contribution in [-0.2, 0) is 12.8 Å². The van der Waals surface area contributed by atoms with E-state index < -0.39 is 0 Å².